The molecule has 0 amide bonds. The van der Waals surface area contributed by atoms with E-state index in [0.717, 1.165) is 29.9 Å². The van der Waals surface area contributed by atoms with Crippen LogP contribution in [0.4, 0.5) is 0 Å². The Bertz CT molecular complexity index is 549. The van der Waals surface area contributed by atoms with Crippen molar-refractivity contribution < 1.29 is 14.3 Å². The van der Waals surface area contributed by atoms with Gasteiger partial charge in [-0.3, -0.25) is 4.79 Å². The molecule has 0 aromatic heterocycles. The fourth-order valence-corrected chi connectivity index (χ4v) is 1.93. The summed E-state index contributed by atoms with van der Waals surface area (Å²) in [6.45, 7) is 0. The zero-order valence-electron chi connectivity index (χ0n) is 11.5. The number of aryl methyl sites for hydroxylation is 1. The summed E-state index contributed by atoms with van der Waals surface area (Å²) in [7, 11) is 1.41. The van der Waals surface area contributed by atoms with Gasteiger partial charge < -0.3 is 9.47 Å². The number of ether oxygens (including phenoxy) is 2. The van der Waals surface area contributed by atoms with Crippen molar-refractivity contribution in [1.29, 1.82) is 0 Å². The van der Waals surface area contributed by atoms with Gasteiger partial charge in [0.1, 0.15) is 11.5 Å². The number of rotatable bonds is 6. The van der Waals surface area contributed by atoms with Crippen molar-refractivity contribution in [1.82, 2.24) is 0 Å². The molecule has 0 aliphatic rings. The molecule has 0 fully saturated rings. The second kappa shape index (κ2) is 7.34. The molecular weight excluding hydrogens is 252 g/mol. The summed E-state index contributed by atoms with van der Waals surface area (Å²) in [6, 6.07) is 17.6. The van der Waals surface area contributed by atoms with Crippen LogP contribution in [0.3, 0.4) is 0 Å². The van der Waals surface area contributed by atoms with Crippen LogP contribution >= 0.6 is 0 Å². The average molecular weight is 270 g/mol. The topological polar surface area (TPSA) is 35.5 Å². The zero-order chi connectivity index (χ0) is 14.2. The second-order valence-corrected chi connectivity index (χ2v) is 4.49. The van der Waals surface area contributed by atoms with E-state index in [9.17, 15) is 4.79 Å². The number of carbonyl (C=O) groups excluding carboxylic acids is 1. The molecule has 0 saturated carbocycles. The monoisotopic (exact) mass is 270 g/mol. The molecule has 0 aliphatic carbocycles. The highest BCUT2D eigenvalue weighted by molar-refractivity contribution is 5.69. The van der Waals surface area contributed by atoms with Crippen LogP contribution in [-0.2, 0) is 16.0 Å². The van der Waals surface area contributed by atoms with Crippen LogP contribution in [0.2, 0.25) is 0 Å². The van der Waals surface area contributed by atoms with Gasteiger partial charge in [-0.05, 0) is 42.7 Å². The van der Waals surface area contributed by atoms with E-state index in [1.165, 1.54) is 7.11 Å². The molecule has 0 unspecified atom stereocenters. The van der Waals surface area contributed by atoms with Gasteiger partial charge in [0.15, 0.2) is 0 Å². The Hall–Kier alpha value is -2.29. The summed E-state index contributed by atoms with van der Waals surface area (Å²) in [6.07, 6.45) is 2.06. The predicted molar refractivity (Wildman–Crippen MR) is 77.9 cm³/mol. The van der Waals surface area contributed by atoms with Crippen molar-refractivity contribution in [2.24, 2.45) is 0 Å². The first-order valence-corrected chi connectivity index (χ1v) is 6.66. The Labute approximate surface area is 119 Å². The molecule has 2 aromatic carbocycles. The molecule has 2 rings (SSSR count). The summed E-state index contributed by atoms with van der Waals surface area (Å²) in [5, 5.41) is 0. The third-order valence-electron chi connectivity index (χ3n) is 2.95. The van der Waals surface area contributed by atoms with Crippen LogP contribution in [0, 0.1) is 0 Å². The lowest BCUT2D eigenvalue weighted by atomic mass is 10.1. The lowest BCUT2D eigenvalue weighted by Crippen LogP contribution is -2.00. The van der Waals surface area contributed by atoms with Gasteiger partial charge in [-0.15, -0.1) is 0 Å². The SMILES string of the molecule is COC(=O)CCCc1cccc(Oc2ccccc2)c1. The highest BCUT2D eigenvalue weighted by atomic mass is 16.5. The highest BCUT2D eigenvalue weighted by Crippen LogP contribution is 2.22. The van der Waals surface area contributed by atoms with Gasteiger partial charge in [0.2, 0.25) is 0 Å². The van der Waals surface area contributed by atoms with Gasteiger partial charge in [-0.1, -0.05) is 30.3 Å². The molecule has 3 nitrogen and oxygen atoms in total. The van der Waals surface area contributed by atoms with E-state index in [-0.39, 0.29) is 5.97 Å². The highest BCUT2D eigenvalue weighted by Gasteiger charge is 2.02. The van der Waals surface area contributed by atoms with E-state index in [2.05, 4.69) is 4.74 Å². The fraction of sp³-hybridized carbons (Fsp3) is 0.235. The first kappa shape index (κ1) is 14.1. The molecule has 0 aliphatic heterocycles. The molecular formula is C17H18O3. The molecule has 0 N–H and O–H groups in total. The van der Waals surface area contributed by atoms with Crippen LogP contribution in [0.15, 0.2) is 54.6 Å². The summed E-state index contributed by atoms with van der Waals surface area (Å²) in [4.78, 5) is 11.1. The summed E-state index contributed by atoms with van der Waals surface area (Å²) in [5.74, 6) is 1.47. The smallest absolute Gasteiger partial charge is 0.305 e. The number of benzene rings is 2. The Kier molecular flexibility index (Phi) is 5.18. The van der Waals surface area contributed by atoms with E-state index < -0.39 is 0 Å². The van der Waals surface area contributed by atoms with Gasteiger partial charge >= 0.3 is 5.97 Å². The summed E-state index contributed by atoms with van der Waals surface area (Å²) in [5.41, 5.74) is 1.15. The summed E-state index contributed by atoms with van der Waals surface area (Å²) >= 11 is 0. The summed E-state index contributed by atoms with van der Waals surface area (Å²) < 4.78 is 10.4. The van der Waals surface area contributed by atoms with Gasteiger partial charge in [-0.2, -0.15) is 0 Å². The maximum Gasteiger partial charge on any atom is 0.305 e. The van der Waals surface area contributed by atoms with E-state index in [1.54, 1.807) is 0 Å². The number of carbonyl (C=O) groups is 1. The number of hydrogen-bond acceptors (Lipinski definition) is 3. The first-order valence-electron chi connectivity index (χ1n) is 6.66. The van der Waals surface area contributed by atoms with Crippen LogP contribution in [0.25, 0.3) is 0 Å². The van der Waals surface area contributed by atoms with Crippen molar-refractivity contribution in [3.63, 3.8) is 0 Å². The molecule has 0 bridgehead atoms. The van der Waals surface area contributed by atoms with Crippen molar-refractivity contribution >= 4 is 5.97 Å². The van der Waals surface area contributed by atoms with Crippen LogP contribution in [-0.4, -0.2) is 13.1 Å². The number of para-hydroxylation sites is 1. The molecule has 2 aromatic rings. The third kappa shape index (κ3) is 4.43. The first-order chi connectivity index (χ1) is 9.78. The average Bonchev–Trinajstić information content (AvgIpc) is 2.48. The van der Waals surface area contributed by atoms with Gasteiger partial charge in [0.25, 0.3) is 0 Å². The number of hydrogen-bond donors (Lipinski definition) is 0. The standard InChI is InChI=1S/C17H18O3/c1-19-17(18)12-6-8-14-7-5-11-16(13-14)20-15-9-3-2-4-10-15/h2-5,7,9-11,13H,6,8,12H2,1H3. The maximum atomic E-state index is 11.1. The van der Waals surface area contributed by atoms with Crippen LogP contribution in [0.1, 0.15) is 18.4 Å². The minimum atomic E-state index is -0.165. The quantitative estimate of drug-likeness (QED) is 0.745. The van der Waals surface area contributed by atoms with Crippen molar-refractivity contribution in [3.8, 4) is 11.5 Å². The van der Waals surface area contributed by atoms with Gasteiger partial charge in [0.05, 0.1) is 7.11 Å². The van der Waals surface area contributed by atoms with E-state index in [0.29, 0.717) is 6.42 Å². The maximum absolute atomic E-state index is 11.1. The number of methoxy groups -OCH3 is 1. The van der Waals surface area contributed by atoms with E-state index >= 15 is 0 Å². The fourth-order valence-electron chi connectivity index (χ4n) is 1.93. The van der Waals surface area contributed by atoms with Crippen molar-refractivity contribution in [3.05, 3.63) is 60.2 Å². The largest absolute Gasteiger partial charge is 0.469 e. The minimum Gasteiger partial charge on any atom is -0.469 e. The van der Waals surface area contributed by atoms with Crippen molar-refractivity contribution in [2.45, 2.75) is 19.3 Å². The molecule has 0 atom stereocenters. The van der Waals surface area contributed by atoms with Gasteiger partial charge in [-0.25, -0.2) is 0 Å². The molecule has 3 heteroatoms. The molecule has 20 heavy (non-hydrogen) atoms. The van der Waals surface area contributed by atoms with Gasteiger partial charge in [0, 0.05) is 6.42 Å². The van der Waals surface area contributed by atoms with Crippen LogP contribution < -0.4 is 4.74 Å². The van der Waals surface area contributed by atoms with Crippen molar-refractivity contribution in [2.75, 3.05) is 7.11 Å². The third-order valence-corrected chi connectivity index (χ3v) is 2.95. The Morgan fingerprint density at radius 2 is 1.75 bits per heavy atom. The molecule has 104 valence electrons. The lowest BCUT2D eigenvalue weighted by Gasteiger charge is -2.07. The molecule has 0 spiro atoms. The predicted octanol–water partition coefficient (Wildman–Crippen LogP) is 3.97. The Balaban J connectivity index is 1.92. The minimum absolute atomic E-state index is 0.165. The van der Waals surface area contributed by atoms with Crippen LogP contribution in [0.5, 0.6) is 11.5 Å². The lowest BCUT2D eigenvalue weighted by molar-refractivity contribution is -0.140. The number of esters is 1. The zero-order valence-corrected chi connectivity index (χ0v) is 11.5. The molecule has 0 saturated heterocycles. The van der Waals surface area contributed by atoms with E-state index in [4.69, 9.17) is 4.74 Å². The normalized spacial score (nSPS) is 10.1. The second-order valence-electron chi connectivity index (χ2n) is 4.49. The Morgan fingerprint density at radius 1 is 1.00 bits per heavy atom. The molecule has 0 radical (unpaired) electrons. The Morgan fingerprint density at radius 3 is 2.50 bits per heavy atom. The molecule has 0 heterocycles. The van der Waals surface area contributed by atoms with E-state index in [1.807, 2.05) is 54.6 Å².